The lowest BCUT2D eigenvalue weighted by molar-refractivity contribution is 0.414. The lowest BCUT2D eigenvalue weighted by Crippen LogP contribution is -2.08. The number of aromatic nitrogens is 6. The average molecular weight is 412 g/mol. The largest absolute Gasteiger partial charge is 0.497 e. The molecule has 0 unspecified atom stereocenters. The van der Waals surface area contributed by atoms with Crippen molar-refractivity contribution in [2.75, 3.05) is 7.11 Å². The summed E-state index contributed by atoms with van der Waals surface area (Å²) in [4.78, 5) is 4.87. The van der Waals surface area contributed by atoms with Crippen molar-refractivity contribution in [2.45, 2.75) is 33.7 Å². The molecule has 0 spiro atoms. The monoisotopic (exact) mass is 412 g/mol. The molecule has 0 saturated carbocycles. The summed E-state index contributed by atoms with van der Waals surface area (Å²) >= 11 is 0. The second kappa shape index (κ2) is 7.50. The van der Waals surface area contributed by atoms with Crippen molar-refractivity contribution in [3.63, 3.8) is 0 Å². The fraction of sp³-hybridized carbons (Fsp3) is 0.250. The maximum atomic E-state index is 5.36. The van der Waals surface area contributed by atoms with Crippen LogP contribution in [0.25, 0.3) is 28.0 Å². The van der Waals surface area contributed by atoms with Gasteiger partial charge in [-0.3, -0.25) is 0 Å². The minimum Gasteiger partial charge on any atom is -0.497 e. The molecule has 0 saturated heterocycles. The van der Waals surface area contributed by atoms with Crippen molar-refractivity contribution >= 4 is 22.1 Å². The molecule has 0 radical (unpaired) electrons. The fourth-order valence-electron chi connectivity index (χ4n) is 4.22. The van der Waals surface area contributed by atoms with E-state index in [-0.39, 0.29) is 0 Å². The van der Waals surface area contributed by atoms with Crippen LogP contribution in [0.3, 0.4) is 0 Å². The Kier molecular flexibility index (Phi) is 4.66. The van der Waals surface area contributed by atoms with E-state index in [2.05, 4.69) is 52.9 Å². The van der Waals surface area contributed by atoms with Crippen LogP contribution in [0.2, 0.25) is 0 Å². The number of aryl methyl sites for hydroxylation is 2. The van der Waals surface area contributed by atoms with Crippen LogP contribution in [-0.2, 0) is 13.0 Å². The molecule has 0 atom stereocenters. The standard InChI is InChI=1S/C24H24N6O/c1-5-29-21-12-7-6-11-19(21)22-23(29)25-24(27-26-22)30-16(3)20(15(2)28-30)14-17-9-8-10-18(13-17)31-4/h6-13H,5,14H2,1-4H3. The van der Waals surface area contributed by atoms with Crippen LogP contribution in [0.5, 0.6) is 5.75 Å². The smallest absolute Gasteiger partial charge is 0.272 e. The first-order valence-electron chi connectivity index (χ1n) is 10.4. The number of methoxy groups -OCH3 is 1. The van der Waals surface area contributed by atoms with Gasteiger partial charge < -0.3 is 9.30 Å². The van der Waals surface area contributed by atoms with Crippen molar-refractivity contribution in [1.82, 2.24) is 29.5 Å². The molecule has 7 heteroatoms. The lowest BCUT2D eigenvalue weighted by atomic mass is 10.0. The van der Waals surface area contributed by atoms with Crippen LogP contribution in [-0.4, -0.2) is 36.6 Å². The second-order valence-corrected chi connectivity index (χ2v) is 7.63. The quantitative estimate of drug-likeness (QED) is 0.428. The van der Waals surface area contributed by atoms with Gasteiger partial charge in [-0.1, -0.05) is 30.3 Å². The summed E-state index contributed by atoms with van der Waals surface area (Å²) in [5.41, 5.74) is 7.07. The molecule has 3 heterocycles. The van der Waals surface area contributed by atoms with E-state index in [0.717, 1.165) is 57.7 Å². The molecule has 0 aliphatic rings. The maximum Gasteiger partial charge on any atom is 0.272 e. The third kappa shape index (κ3) is 3.13. The molecule has 31 heavy (non-hydrogen) atoms. The van der Waals surface area contributed by atoms with Gasteiger partial charge in [-0.2, -0.15) is 10.1 Å². The van der Waals surface area contributed by atoms with Gasteiger partial charge in [-0.05, 0) is 44.5 Å². The molecule has 7 nitrogen and oxygen atoms in total. The summed E-state index contributed by atoms with van der Waals surface area (Å²) in [7, 11) is 1.68. The van der Waals surface area contributed by atoms with Gasteiger partial charge in [0.2, 0.25) is 0 Å². The van der Waals surface area contributed by atoms with Crippen LogP contribution in [0.1, 0.15) is 29.4 Å². The van der Waals surface area contributed by atoms with Gasteiger partial charge in [-0.15, -0.1) is 10.2 Å². The second-order valence-electron chi connectivity index (χ2n) is 7.63. The Morgan fingerprint density at radius 2 is 1.84 bits per heavy atom. The number of nitrogens with zero attached hydrogens (tertiary/aromatic N) is 6. The Morgan fingerprint density at radius 3 is 2.65 bits per heavy atom. The molecule has 3 aromatic heterocycles. The summed E-state index contributed by atoms with van der Waals surface area (Å²) in [5.74, 6) is 1.34. The van der Waals surface area contributed by atoms with Crippen LogP contribution in [0, 0.1) is 13.8 Å². The first-order valence-corrected chi connectivity index (χ1v) is 10.4. The normalized spacial score (nSPS) is 11.5. The van der Waals surface area contributed by atoms with Crippen molar-refractivity contribution < 1.29 is 4.74 Å². The van der Waals surface area contributed by atoms with E-state index in [9.17, 15) is 0 Å². The SMILES string of the molecule is CCn1c2ccccc2c2nnc(-n3nc(C)c(Cc4cccc(OC)c4)c3C)nc21. The number of para-hydroxylation sites is 1. The number of hydrogen-bond donors (Lipinski definition) is 0. The highest BCUT2D eigenvalue weighted by molar-refractivity contribution is 6.04. The first kappa shape index (κ1) is 19.2. The van der Waals surface area contributed by atoms with Crippen LogP contribution >= 0.6 is 0 Å². The Bertz CT molecular complexity index is 1410. The lowest BCUT2D eigenvalue weighted by Gasteiger charge is -2.06. The minimum absolute atomic E-state index is 0.488. The molecule has 156 valence electrons. The van der Waals surface area contributed by atoms with E-state index < -0.39 is 0 Å². The molecule has 0 amide bonds. The molecule has 0 aliphatic heterocycles. The van der Waals surface area contributed by atoms with Crippen LogP contribution in [0.15, 0.2) is 48.5 Å². The van der Waals surface area contributed by atoms with Crippen molar-refractivity contribution in [3.05, 3.63) is 71.0 Å². The molecular formula is C24H24N6O. The zero-order valence-corrected chi connectivity index (χ0v) is 18.1. The molecule has 0 N–H and O–H groups in total. The summed E-state index contributed by atoms with van der Waals surface area (Å²) in [6.45, 7) is 7.00. The van der Waals surface area contributed by atoms with E-state index in [0.29, 0.717) is 5.95 Å². The van der Waals surface area contributed by atoms with Crippen molar-refractivity contribution in [3.8, 4) is 11.7 Å². The van der Waals surface area contributed by atoms with Gasteiger partial charge >= 0.3 is 0 Å². The Balaban J connectivity index is 1.60. The minimum atomic E-state index is 0.488. The van der Waals surface area contributed by atoms with Crippen LogP contribution in [0.4, 0.5) is 0 Å². The van der Waals surface area contributed by atoms with E-state index >= 15 is 0 Å². The van der Waals surface area contributed by atoms with E-state index in [4.69, 9.17) is 14.8 Å². The predicted molar refractivity (Wildman–Crippen MR) is 121 cm³/mol. The number of hydrogen-bond acceptors (Lipinski definition) is 5. The molecule has 0 fully saturated rings. The third-order valence-electron chi connectivity index (χ3n) is 5.82. The highest BCUT2D eigenvalue weighted by atomic mass is 16.5. The third-order valence-corrected chi connectivity index (χ3v) is 5.82. The van der Waals surface area contributed by atoms with E-state index in [1.165, 1.54) is 5.56 Å². The topological polar surface area (TPSA) is 70.7 Å². The zero-order valence-electron chi connectivity index (χ0n) is 18.1. The molecule has 5 rings (SSSR count). The summed E-state index contributed by atoms with van der Waals surface area (Å²) < 4.78 is 9.34. The van der Waals surface area contributed by atoms with Crippen molar-refractivity contribution in [1.29, 1.82) is 0 Å². The maximum absolute atomic E-state index is 5.36. The van der Waals surface area contributed by atoms with Gasteiger partial charge in [0.1, 0.15) is 11.3 Å². The first-order chi connectivity index (χ1) is 15.1. The summed E-state index contributed by atoms with van der Waals surface area (Å²) in [5, 5.41) is 14.8. The molecule has 0 aliphatic carbocycles. The number of rotatable bonds is 5. The van der Waals surface area contributed by atoms with Crippen molar-refractivity contribution in [2.24, 2.45) is 0 Å². The van der Waals surface area contributed by atoms with Crippen LogP contribution < -0.4 is 4.74 Å². The van der Waals surface area contributed by atoms with E-state index in [1.807, 2.05) is 31.2 Å². The molecule has 5 aromatic rings. The molecule has 2 aromatic carbocycles. The Hall–Kier alpha value is -3.74. The Labute approximate surface area is 180 Å². The predicted octanol–water partition coefficient (Wildman–Crippen LogP) is 4.40. The van der Waals surface area contributed by atoms with Gasteiger partial charge in [0, 0.05) is 29.6 Å². The average Bonchev–Trinajstić information content (AvgIpc) is 3.27. The molecular weight excluding hydrogens is 388 g/mol. The van der Waals surface area contributed by atoms with Gasteiger partial charge in [0.25, 0.3) is 5.95 Å². The van der Waals surface area contributed by atoms with Gasteiger partial charge in [-0.25, -0.2) is 4.68 Å². The van der Waals surface area contributed by atoms with E-state index in [1.54, 1.807) is 11.8 Å². The summed E-state index contributed by atoms with van der Waals surface area (Å²) in [6, 6.07) is 16.3. The fourth-order valence-corrected chi connectivity index (χ4v) is 4.22. The van der Waals surface area contributed by atoms with Gasteiger partial charge in [0.05, 0.1) is 18.3 Å². The summed E-state index contributed by atoms with van der Waals surface area (Å²) in [6.07, 6.45) is 0.764. The number of ether oxygens (including phenoxy) is 1. The Morgan fingerprint density at radius 1 is 1.00 bits per heavy atom. The highest BCUT2D eigenvalue weighted by Gasteiger charge is 2.18. The highest BCUT2D eigenvalue weighted by Crippen LogP contribution is 2.27. The number of fused-ring (bicyclic) bond motifs is 3. The van der Waals surface area contributed by atoms with Gasteiger partial charge in [0.15, 0.2) is 5.65 Å². The number of benzene rings is 2. The molecule has 0 bridgehead atoms. The zero-order chi connectivity index (χ0) is 21.5.